The van der Waals surface area contributed by atoms with Crippen LogP contribution in [-0.4, -0.2) is 19.0 Å². The van der Waals surface area contributed by atoms with Crippen molar-refractivity contribution >= 4 is 17.9 Å². The SMILES string of the molecule is CC(=O)Nc1cc(C=O)c2c(c1)OCO2. The van der Waals surface area contributed by atoms with Gasteiger partial charge in [-0.05, 0) is 6.07 Å². The molecule has 0 aliphatic carbocycles. The Morgan fingerprint density at radius 2 is 2.27 bits per heavy atom. The third kappa shape index (κ3) is 1.76. The highest BCUT2D eigenvalue weighted by Gasteiger charge is 2.19. The molecular formula is C10H9NO4. The zero-order chi connectivity index (χ0) is 10.8. The predicted molar refractivity (Wildman–Crippen MR) is 52.3 cm³/mol. The monoisotopic (exact) mass is 207 g/mol. The van der Waals surface area contributed by atoms with E-state index in [-0.39, 0.29) is 12.7 Å². The first-order valence-electron chi connectivity index (χ1n) is 4.37. The fourth-order valence-corrected chi connectivity index (χ4v) is 1.40. The minimum absolute atomic E-state index is 0.0969. The Labute approximate surface area is 86.0 Å². The second kappa shape index (κ2) is 3.61. The number of benzene rings is 1. The summed E-state index contributed by atoms with van der Waals surface area (Å²) in [6.07, 6.45) is 0.666. The van der Waals surface area contributed by atoms with Crippen LogP contribution >= 0.6 is 0 Å². The number of fused-ring (bicyclic) bond motifs is 1. The van der Waals surface area contributed by atoms with E-state index in [1.54, 1.807) is 12.1 Å². The number of anilines is 1. The Balaban J connectivity index is 2.43. The number of aldehydes is 1. The highest BCUT2D eigenvalue weighted by molar-refractivity contribution is 5.92. The van der Waals surface area contributed by atoms with Gasteiger partial charge in [-0.25, -0.2) is 0 Å². The standard InChI is InChI=1S/C10H9NO4/c1-6(13)11-8-2-7(4-12)10-9(3-8)14-5-15-10/h2-4H,5H2,1H3,(H,11,13). The van der Waals surface area contributed by atoms with E-state index in [2.05, 4.69) is 5.32 Å². The molecular weight excluding hydrogens is 198 g/mol. The van der Waals surface area contributed by atoms with E-state index in [1.165, 1.54) is 6.92 Å². The molecule has 0 aromatic heterocycles. The molecule has 78 valence electrons. The fraction of sp³-hybridized carbons (Fsp3) is 0.200. The van der Waals surface area contributed by atoms with Gasteiger partial charge in [0.25, 0.3) is 0 Å². The van der Waals surface area contributed by atoms with Crippen molar-refractivity contribution in [3.63, 3.8) is 0 Å². The van der Waals surface area contributed by atoms with E-state index in [4.69, 9.17) is 9.47 Å². The number of amides is 1. The molecule has 1 aromatic carbocycles. The number of ether oxygens (including phenoxy) is 2. The second-order valence-corrected chi connectivity index (χ2v) is 3.10. The number of carbonyl (C=O) groups excluding carboxylic acids is 2. The van der Waals surface area contributed by atoms with Gasteiger partial charge in [-0.3, -0.25) is 9.59 Å². The Bertz CT molecular complexity index is 428. The Hall–Kier alpha value is -2.04. The molecule has 5 nitrogen and oxygen atoms in total. The van der Waals surface area contributed by atoms with Crippen molar-refractivity contribution in [2.75, 3.05) is 12.1 Å². The number of carbonyl (C=O) groups is 2. The van der Waals surface area contributed by atoms with E-state index in [1.807, 2.05) is 0 Å². The summed E-state index contributed by atoms with van der Waals surface area (Å²) in [6, 6.07) is 3.17. The van der Waals surface area contributed by atoms with Crippen molar-refractivity contribution in [1.82, 2.24) is 0 Å². The maximum atomic E-state index is 10.8. The topological polar surface area (TPSA) is 64.6 Å². The van der Waals surface area contributed by atoms with Gasteiger partial charge < -0.3 is 14.8 Å². The van der Waals surface area contributed by atoms with Gasteiger partial charge in [0.1, 0.15) is 0 Å². The maximum Gasteiger partial charge on any atom is 0.231 e. The fourth-order valence-electron chi connectivity index (χ4n) is 1.40. The van der Waals surface area contributed by atoms with Crippen molar-refractivity contribution < 1.29 is 19.1 Å². The highest BCUT2D eigenvalue weighted by Crippen LogP contribution is 2.37. The number of hydrogen-bond acceptors (Lipinski definition) is 4. The first-order valence-corrected chi connectivity index (χ1v) is 4.37. The number of hydrogen-bond donors (Lipinski definition) is 1. The van der Waals surface area contributed by atoms with Crippen LogP contribution in [0, 0.1) is 0 Å². The molecule has 1 aliphatic rings. The Kier molecular flexibility index (Phi) is 2.29. The summed E-state index contributed by atoms with van der Waals surface area (Å²) < 4.78 is 10.2. The normalized spacial score (nSPS) is 12.3. The van der Waals surface area contributed by atoms with E-state index in [0.717, 1.165) is 0 Å². The second-order valence-electron chi connectivity index (χ2n) is 3.10. The molecule has 0 unspecified atom stereocenters. The summed E-state index contributed by atoms with van der Waals surface area (Å²) in [6.45, 7) is 1.49. The number of rotatable bonds is 2. The molecule has 1 aromatic rings. The van der Waals surface area contributed by atoms with Crippen LogP contribution < -0.4 is 14.8 Å². The molecule has 2 rings (SSSR count). The zero-order valence-corrected chi connectivity index (χ0v) is 8.07. The summed E-state index contributed by atoms with van der Waals surface area (Å²) >= 11 is 0. The third-order valence-electron chi connectivity index (χ3n) is 1.95. The van der Waals surface area contributed by atoms with Crippen LogP contribution in [0.3, 0.4) is 0 Å². The summed E-state index contributed by atoms with van der Waals surface area (Å²) in [5.74, 6) is 0.702. The van der Waals surface area contributed by atoms with Crippen LogP contribution in [0.2, 0.25) is 0 Å². The van der Waals surface area contributed by atoms with E-state index < -0.39 is 0 Å². The number of nitrogens with one attached hydrogen (secondary N) is 1. The van der Waals surface area contributed by atoms with E-state index >= 15 is 0 Å². The lowest BCUT2D eigenvalue weighted by molar-refractivity contribution is -0.114. The lowest BCUT2D eigenvalue weighted by atomic mass is 10.2. The lowest BCUT2D eigenvalue weighted by Crippen LogP contribution is -2.06. The molecule has 0 bridgehead atoms. The molecule has 1 heterocycles. The van der Waals surface area contributed by atoms with Crippen molar-refractivity contribution in [2.24, 2.45) is 0 Å². The zero-order valence-electron chi connectivity index (χ0n) is 8.07. The average Bonchev–Trinajstić information content (AvgIpc) is 2.63. The summed E-state index contributed by atoms with van der Waals surface area (Å²) in [7, 11) is 0. The first kappa shape index (κ1) is 9.51. The van der Waals surface area contributed by atoms with Crippen LogP contribution in [0.15, 0.2) is 12.1 Å². The summed E-state index contributed by atoms with van der Waals surface area (Å²) in [5, 5.41) is 2.58. The molecule has 0 fully saturated rings. The van der Waals surface area contributed by atoms with Crippen molar-refractivity contribution in [3.8, 4) is 11.5 Å². The first-order chi connectivity index (χ1) is 7.20. The van der Waals surface area contributed by atoms with Gasteiger partial charge in [-0.15, -0.1) is 0 Å². The highest BCUT2D eigenvalue weighted by atomic mass is 16.7. The smallest absolute Gasteiger partial charge is 0.231 e. The summed E-state index contributed by atoms with van der Waals surface area (Å²) in [4.78, 5) is 21.6. The van der Waals surface area contributed by atoms with Crippen LogP contribution in [-0.2, 0) is 4.79 Å². The Morgan fingerprint density at radius 3 is 2.93 bits per heavy atom. The molecule has 5 heteroatoms. The molecule has 1 amide bonds. The van der Waals surface area contributed by atoms with Crippen LogP contribution in [0.25, 0.3) is 0 Å². The van der Waals surface area contributed by atoms with Gasteiger partial charge in [0.15, 0.2) is 17.8 Å². The minimum Gasteiger partial charge on any atom is -0.453 e. The molecule has 0 spiro atoms. The molecule has 0 radical (unpaired) electrons. The Morgan fingerprint density at radius 1 is 1.47 bits per heavy atom. The van der Waals surface area contributed by atoms with Crippen molar-refractivity contribution in [3.05, 3.63) is 17.7 Å². The molecule has 15 heavy (non-hydrogen) atoms. The van der Waals surface area contributed by atoms with E-state index in [0.29, 0.717) is 29.0 Å². The van der Waals surface area contributed by atoms with Crippen LogP contribution in [0.4, 0.5) is 5.69 Å². The van der Waals surface area contributed by atoms with Crippen molar-refractivity contribution in [1.29, 1.82) is 0 Å². The van der Waals surface area contributed by atoms with Gasteiger partial charge in [0.05, 0.1) is 5.56 Å². The van der Waals surface area contributed by atoms with Crippen LogP contribution in [0.1, 0.15) is 17.3 Å². The average molecular weight is 207 g/mol. The van der Waals surface area contributed by atoms with Gasteiger partial charge >= 0.3 is 0 Å². The third-order valence-corrected chi connectivity index (χ3v) is 1.95. The molecule has 0 atom stereocenters. The molecule has 1 aliphatic heterocycles. The van der Waals surface area contributed by atoms with Gasteiger partial charge in [0.2, 0.25) is 12.7 Å². The largest absolute Gasteiger partial charge is 0.453 e. The quantitative estimate of drug-likeness (QED) is 0.740. The van der Waals surface area contributed by atoms with Gasteiger partial charge in [-0.2, -0.15) is 0 Å². The maximum absolute atomic E-state index is 10.8. The molecule has 1 N–H and O–H groups in total. The summed E-state index contributed by atoms with van der Waals surface area (Å²) in [5.41, 5.74) is 0.891. The molecule has 0 saturated heterocycles. The van der Waals surface area contributed by atoms with Crippen LogP contribution in [0.5, 0.6) is 11.5 Å². The van der Waals surface area contributed by atoms with Gasteiger partial charge in [0, 0.05) is 18.7 Å². The molecule has 0 saturated carbocycles. The lowest BCUT2D eigenvalue weighted by Gasteiger charge is -2.05. The predicted octanol–water partition coefficient (Wildman–Crippen LogP) is 1.19. The van der Waals surface area contributed by atoms with Gasteiger partial charge in [-0.1, -0.05) is 0 Å². The van der Waals surface area contributed by atoms with Crippen molar-refractivity contribution in [2.45, 2.75) is 6.92 Å². The van der Waals surface area contributed by atoms with E-state index in [9.17, 15) is 9.59 Å². The minimum atomic E-state index is -0.203.